The number of aryl methyl sites for hydroxylation is 1. The van der Waals surface area contributed by atoms with E-state index in [4.69, 9.17) is 9.15 Å². The van der Waals surface area contributed by atoms with Crippen molar-refractivity contribution < 1.29 is 13.9 Å². The van der Waals surface area contributed by atoms with Gasteiger partial charge in [-0.15, -0.1) is 0 Å². The first-order chi connectivity index (χ1) is 9.74. The fraction of sp³-hybridized carbons (Fsp3) is 0.286. The molecule has 1 aromatic carbocycles. The van der Waals surface area contributed by atoms with Crippen LogP contribution in [-0.4, -0.2) is 24.0 Å². The number of anilines is 1. The van der Waals surface area contributed by atoms with Crippen LogP contribution in [0, 0.1) is 6.92 Å². The lowest BCUT2D eigenvalue weighted by Gasteiger charge is -2.21. The third-order valence-corrected chi connectivity index (χ3v) is 2.99. The van der Waals surface area contributed by atoms with Crippen LogP contribution < -0.4 is 15.4 Å². The number of nitrogens with one attached hydrogen (secondary N) is 2. The summed E-state index contributed by atoms with van der Waals surface area (Å²) in [5.74, 6) is 1.60. The topological polar surface area (TPSA) is 76.4 Å². The Balaban J connectivity index is 1.74. The first-order valence-corrected chi connectivity index (χ1v) is 6.43. The zero-order valence-corrected chi connectivity index (χ0v) is 11.1. The number of hydrogen-bond acceptors (Lipinski definition) is 5. The molecule has 20 heavy (non-hydrogen) atoms. The Hall–Kier alpha value is -2.50. The molecule has 0 saturated carbocycles. The monoisotopic (exact) mass is 273 g/mol. The molecule has 0 atom stereocenters. The number of aromatic nitrogens is 1. The fourth-order valence-electron chi connectivity index (χ4n) is 2.08. The number of para-hydroxylation sites is 1. The van der Waals surface area contributed by atoms with E-state index in [1.54, 1.807) is 12.3 Å². The van der Waals surface area contributed by atoms with E-state index in [-0.39, 0.29) is 12.5 Å². The molecule has 2 aromatic rings. The van der Waals surface area contributed by atoms with Gasteiger partial charge in [-0.05, 0) is 19.1 Å². The van der Waals surface area contributed by atoms with Crippen molar-refractivity contribution >= 4 is 11.6 Å². The molecular weight excluding hydrogens is 258 g/mol. The van der Waals surface area contributed by atoms with Gasteiger partial charge >= 0.3 is 0 Å². The predicted octanol–water partition coefficient (Wildman–Crippen LogP) is 1.72. The zero-order valence-electron chi connectivity index (χ0n) is 11.1. The van der Waals surface area contributed by atoms with Crippen LogP contribution in [0.25, 0.3) is 0 Å². The third-order valence-electron chi connectivity index (χ3n) is 2.99. The highest BCUT2D eigenvalue weighted by atomic mass is 16.5. The number of ether oxygens (including phenoxy) is 1. The Morgan fingerprint density at radius 3 is 3.20 bits per heavy atom. The first-order valence-electron chi connectivity index (χ1n) is 6.43. The molecule has 1 aliphatic heterocycles. The van der Waals surface area contributed by atoms with Crippen LogP contribution in [0.4, 0.5) is 5.69 Å². The summed E-state index contributed by atoms with van der Waals surface area (Å²) in [5.41, 5.74) is 1.36. The summed E-state index contributed by atoms with van der Waals surface area (Å²) < 4.78 is 10.9. The smallest absolute Gasteiger partial charge is 0.255 e. The van der Waals surface area contributed by atoms with Crippen LogP contribution in [0.5, 0.6) is 5.75 Å². The lowest BCUT2D eigenvalue weighted by Crippen LogP contribution is -2.26. The summed E-state index contributed by atoms with van der Waals surface area (Å²) in [6, 6.07) is 5.45. The van der Waals surface area contributed by atoms with Crippen molar-refractivity contribution in [2.75, 3.05) is 18.5 Å². The van der Waals surface area contributed by atoms with Crippen molar-refractivity contribution in [3.8, 4) is 5.75 Å². The standard InChI is InChI=1S/C14H15N3O3/c1-9-7-16-12(20-9)8-17-14(18)10-3-2-4-11-13(10)19-6-5-15-11/h2-4,7,15H,5-6,8H2,1H3,(H,17,18). The minimum Gasteiger partial charge on any atom is -0.489 e. The van der Waals surface area contributed by atoms with E-state index in [0.717, 1.165) is 18.0 Å². The van der Waals surface area contributed by atoms with Crippen molar-refractivity contribution in [2.24, 2.45) is 0 Å². The maximum Gasteiger partial charge on any atom is 0.255 e. The first kappa shape index (κ1) is 12.5. The number of oxazole rings is 1. The molecule has 0 saturated heterocycles. The minimum atomic E-state index is -0.207. The number of fused-ring (bicyclic) bond motifs is 1. The second-order valence-electron chi connectivity index (χ2n) is 4.50. The predicted molar refractivity (Wildman–Crippen MR) is 72.8 cm³/mol. The molecule has 0 unspecified atom stereocenters. The van der Waals surface area contributed by atoms with Gasteiger partial charge in [-0.3, -0.25) is 4.79 Å². The summed E-state index contributed by atoms with van der Waals surface area (Å²) in [4.78, 5) is 16.3. The highest BCUT2D eigenvalue weighted by molar-refractivity contribution is 5.98. The van der Waals surface area contributed by atoms with Gasteiger partial charge in [-0.1, -0.05) is 6.07 Å². The molecule has 6 heteroatoms. The van der Waals surface area contributed by atoms with Crippen LogP contribution in [0.15, 0.2) is 28.8 Å². The van der Waals surface area contributed by atoms with Crippen LogP contribution >= 0.6 is 0 Å². The molecule has 1 aromatic heterocycles. The number of benzene rings is 1. The SMILES string of the molecule is Cc1cnc(CNC(=O)c2cccc3c2OCCN3)o1. The van der Waals surface area contributed by atoms with Crippen LogP contribution in [-0.2, 0) is 6.54 Å². The molecule has 0 aliphatic carbocycles. The van der Waals surface area contributed by atoms with E-state index in [9.17, 15) is 4.79 Å². The Morgan fingerprint density at radius 2 is 2.40 bits per heavy atom. The van der Waals surface area contributed by atoms with Gasteiger partial charge in [0, 0.05) is 6.54 Å². The fourth-order valence-corrected chi connectivity index (χ4v) is 2.08. The van der Waals surface area contributed by atoms with Crippen LogP contribution in [0.3, 0.4) is 0 Å². The average Bonchev–Trinajstić information content (AvgIpc) is 2.90. The van der Waals surface area contributed by atoms with E-state index >= 15 is 0 Å². The molecule has 0 fully saturated rings. The number of nitrogens with zero attached hydrogens (tertiary/aromatic N) is 1. The molecule has 104 valence electrons. The van der Waals surface area contributed by atoms with Crippen LogP contribution in [0.2, 0.25) is 0 Å². The van der Waals surface area contributed by atoms with Gasteiger partial charge < -0.3 is 19.8 Å². The van der Waals surface area contributed by atoms with Gasteiger partial charge in [0.15, 0.2) is 5.75 Å². The van der Waals surface area contributed by atoms with E-state index in [0.29, 0.717) is 23.8 Å². The van der Waals surface area contributed by atoms with E-state index < -0.39 is 0 Å². The van der Waals surface area contributed by atoms with Crippen molar-refractivity contribution in [1.29, 1.82) is 0 Å². The summed E-state index contributed by atoms with van der Waals surface area (Å²) in [7, 11) is 0. The molecule has 0 spiro atoms. The second-order valence-corrected chi connectivity index (χ2v) is 4.50. The average molecular weight is 273 g/mol. The molecule has 6 nitrogen and oxygen atoms in total. The van der Waals surface area contributed by atoms with E-state index in [1.807, 2.05) is 19.1 Å². The Kier molecular flexibility index (Phi) is 3.28. The van der Waals surface area contributed by atoms with Gasteiger partial charge in [0.05, 0.1) is 24.0 Å². The molecule has 2 N–H and O–H groups in total. The lowest BCUT2D eigenvalue weighted by molar-refractivity contribution is 0.0943. The number of carbonyl (C=O) groups is 1. The molecule has 1 amide bonds. The molecule has 1 aliphatic rings. The Morgan fingerprint density at radius 1 is 1.50 bits per heavy atom. The maximum atomic E-state index is 12.2. The van der Waals surface area contributed by atoms with Gasteiger partial charge in [-0.25, -0.2) is 4.98 Å². The molecule has 2 heterocycles. The highest BCUT2D eigenvalue weighted by Gasteiger charge is 2.19. The molecule has 0 bridgehead atoms. The van der Waals surface area contributed by atoms with Crippen molar-refractivity contribution in [3.63, 3.8) is 0 Å². The van der Waals surface area contributed by atoms with Gasteiger partial charge in [0.25, 0.3) is 5.91 Å². The number of carbonyl (C=O) groups excluding carboxylic acids is 1. The van der Waals surface area contributed by atoms with Gasteiger partial charge in [-0.2, -0.15) is 0 Å². The van der Waals surface area contributed by atoms with E-state index in [2.05, 4.69) is 15.6 Å². The molecule has 0 radical (unpaired) electrons. The number of rotatable bonds is 3. The van der Waals surface area contributed by atoms with E-state index in [1.165, 1.54) is 0 Å². The Bertz CT molecular complexity index is 636. The van der Waals surface area contributed by atoms with Crippen molar-refractivity contribution in [3.05, 3.63) is 41.6 Å². The molecule has 3 rings (SSSR count). The lowest BCUT2D eigenvalue weighted by atomic mass is 10.1. The zero-order chi connectivity index (χ0) is 13.9. The molecular formula is C14H15N3O3. The van der Waals surface area contributed by atoms with Gasteiger partial charge in [0.2, 0.25) is 5.89 Å². The van der Waals surface area contributed by atoms with Crippen molar-refractivity contribution in [1.82, 2.24) is 10.3 Å². The summed E-state index contributed by atoms with van der Waals surface area (Å²) in [6.45, 7) is 3.36. The largest absolute Gasteiger partial charge is 0.489 e. The third kappa shape index (κ3) is 2.45. The summed E-state index contributed by atoms with van der Waals surface area (Å²) in [5, 5.41) is 5.97. The summed E-state index contributed by atoms with van der Waals surface area (Å²) in [6.07, 6.45) is 1.62. The van der Waals surface area contributed by atoms with Gasteiger partial charge in [0.1, 0.15) is 12.4 Å². The van der Waals surface area contributed by atoms with Crippen molar-refractivity contribution in [2.45, 2.75) is 13.5 Å². The second kappa shape index (κ2) is 5.24. The summed E-state index contributed by atoms with van der Waals surface area (Å²) >= 11 is 0. The van der Waals surface area contributed by atoms with Crippen LogP contribution in [0.1, 0.15) is 22.0 Å². The normalized spacial score (nSPS) is 13.1. The Labute approximate surface area is 116 Å². The minimum absolute atomic E-state index is 0.207. The number of hydrogen-bond donors (Lipinski definition) is 2. The number of amides is 1. The maximum absolute atomic E-state index is 12.2. The quantitative estimate of drug-likeness (QED) is 0.890. The highest BCUT2D eigenvalue weighted by Crippen LogP contribution is 2.31.